The van der Waals surface area contributed by atoms with Gasteiger partial charge < -0.3 is 44.9 Å². The molecule has 3 saturated heterocycles. The number of nitrogens with one attached hydrogen (secondary N) is 2. The molecule has 0 spiro atoms. The number of benzene rings is 4. The molecule has 2 bridgehead atoms. The molecule has 16 heteroatoms. The monoisotopic (exact) mass is 863 g/mol. The number of aliphatic hydroxyl groups is 1. The highest BCUT2D eigenvalue weighted by Crippen LogP contribution is 2.44. The molecule has 0 aliphatic carbocycles. The lowest BCUT2D eigenvalue weighted by molar-refractivity contribution is -0.132. The normalized spacial score (nSPS) is 17.1. The molecule has 326 valence electrons. The molecular weight excluding hydrogens is 812 g/mol. The molecule has 13 nitrogen and oxygen atoms in total. The maximum Gasteiger partial charge on any atom is 0.412 e. The number of carboxylic acid groups (broad SMARTS) is 1. The molecule has 1 atom stereocenters. The first kappa shape index (κ1) is 46.3. The van der Waals surface area contributed by atoms with Gasteiger partial charge in [0.2, 0.25) is 5.56 Å². The Balaban J connectivity index is 0.00000352. The third-order valence-electron chi connectivity index (χ3n) is 11.7. The number of hydrogen-bond acceptors (Lipinski definition) is 9. The van der Waals surface area contributed by atoms with Crippen LogP contribution in [0.25, 0.3) is 22.0 Å². The number of aryl methyl sites for hydroxylation is 1. The number of carbonyl (C=O) groups excluding carboxylic acids is 1. The molecule has 5 N–H and O–H groups in total. The van der Waals surface area contributed by atoms with Crippen LogP contribution in [0.3, 0.4) is 0 Å². The highest BCUT2D eigenvalue weighted by atomic mass is 35.5. The van der Waals surface area contributed by atoms with E-state index >= 15 is 0 Å². The van der Waals surface area contributed by atoms with Crippen LogP contribution < -0.4 is 25.2 Å². The first-order valence-electron chi connectivity index (χ1n) is 19.9. The SMILES string of the molecule is COc1cc(OCC(=O)N(C)CCCc2ccc(-c3ccccc3)c(N(C(=O)O)C34CCN(CC3)CC4)c2)c(Cl)cc1CNC[C@@H](O)c1ccc(O)c2[nH]c(=O)ccc12.F.F. The van der Waals surface area contributed by atoms with Gasteiger partial charge in [0.25, 0.3) is 5.91 Å². The highest BCUT2D eigenvalue weighted by molar-refractivity contribution is 6.32. The number of amides is 2. The van der Waals surface area contributed by atoms with E-state index in [1.807, 2.05) is 42.5 Å². The van der Waals surface area contributed by atoms with Crippen molar-refractivity contribution in [2.45, 2.75) is 50.3 Å². The second-order valence-corrected chi connectivity index (χ2v) is 15.8. The molecule has 3 aliphatic heterocycles. The first-order valence-corrected chi connectivity index (χ1v) is 20.2. The Labute approximate surface area is 357 Å². The van der Waals surface area contributed by atoms with E-state index in [0.29, 0.717) is 53.9 Å². The van der Waals surface area contributed by atoms with Crippen LogP contribution in [-0.2, 0) is 17.8 Å². The van der Waals surface area contributed by atoms with Crippen LogP contribution >= 0.6 is 11.6 Å². The molecule has 3 fully saturated rings. The van der Waals surface area contributed by atoms with Crippen molar-refractivity contribution in [3.63, 3.8) is 0 Å². The van der Waals surface area contributed by atoms with E-state index in [2.05, 4.69) is 21.3 Å². The number of aliphatic hydroxyl groups excluding tert-OH is 1. The summed E-state index contributed by atoms with van der Waals surface area (Å²) in [6.45, 7) is 3.37. The number of piperidine rings is 3. The number of aromatic hydroxyl groups is 1. The van der Waals surface area contributed by atoms with E-state index in [4.69, 9.17) is 21.1 Å². The molecule has 4 heterocycles. The summed E-state index contributed by atoms with van der Waals surface area (Å²) in [7, 11) is 3.24. The van der Waals surface area contributed by atoms with Crippen LogP contribution in [0.1, 0.15) is 48.5 Å². The summed E-state index contributed by atoms with van der Waals surface area (Å²) in [6.07, 6.45) is 1.86. The van der Waals surface area contributed by atoms with E-state index in [0.717, 1.165) is 55.6 Å². The second kappa shape index (κ2) is 20.2. The largest absolute Gasteiger partial charge is 0.506 e. The van der Waals surface area contributed by atoms with Crippen molar-refractivity contribution in [3.05, 3.63) is 117 Å². The summed E-state index contributed by atoms with van der Waals surface area (Å²) < 4.78 is 11.5. The van der Waals surface area contributed by atoms with Gasteiger partial charge in [0.05, 0.1) is 35.0 Å². The Bertz CT molecular complexity index is 2360. The summed E-state index contributed by atoms with van der Waals surface area (Å²) in [5, 5.41) is 35.8. The summed E-state index contributed by atoms with van der Waals surface area (Å²) in [5.41, 5.74) is 4.28. The van der Waals surface area contributed by atoms with Crippen LogP contribution in [0.15, 0.2) is 89.7 Å². The summed E-state index contributed by atoms with van der Waals surface area (Å²) in [6, 6.07) is 25.3. The maximum absolute atomic E-state index is 13.2. The van der Waals surface area contributed by atoms with Crippen molar-refractivity contribution in [1.29, 1.82) is 0 Å². The number of methoxy groups -OCH3 is 1. The Hall–Kier alpha value is -5.74. The quantitative estimate of drug-likeness (QED) is 0.0706. The molecule has 4 aromatic carbocycles. The number of H-pyrrole nitrogens is 1. The number of pyridine rings is 1. The van der Waals surface area contributed by atoms with Gasteiger partial charge in [-0.05, 0) is 73.1 Å². The number of hydrogen-bond donors (Lipinski definition) is 5. The number of phenols is 1. The molecule has 1 aromatic heterocycles. The smallest absolute Gasteiger partial charge is 0.412 e. The Morgan fingerprint density at radius 2 is 1.69 bits per heavy atom. The van der Waals surface area contributed by atoms with Crippen molar-refractivity contribution >= 4 is 40.2 Å². The zero-order valence-electron chi connectivity index (χ0n) is 34.1. The van der Waals surface area contributed by atoms with Gasteiger partial charge in [0, 0.05) is 75.0 Å². The van der Waals surface area contributed by atoms with Gasteiger partial charge in [0.15, 0.2) is 6.61 Å². The van der Waals surface area contributed by atoms with Crippen LogP contribution in [0.2, 0.25) is 5.02 Å². The van der Waals surface area contributed by atoms with Crippen LogP contribution in [0.4, 0.5) is 19.9 Å². The van der Waals surface area contributed by atoms with Gasteiger partial charge in [-0.2, -0.15) is 0 Å². The van der Waals surface area contributed by atoms with Gasteiger partial charge in [0.1, 0.15) is 17.2 Å². The number of anilines is 1. The molecule has 0 saturated carbocycles. The van der Waals surface area contributed by atoms with Crippen molar-refractivity contribution < 1.29 is 43.8 Å². The lowest BCUT2D eigenvalue weighted by atomic mass is 9.78. The Kier molecular flexibility index (Phi) is 15.4. The van der Waals surface area contributed by atoms with E-state index in [1.165, 1.54) is 19.2 Å². The van der Waals surface area contributed by atoms with Gasteiger partial charge in [-0.1, -0.05) is 60.1 Å². The van der Waals surface area contributed by atoms with Crippen LogP contribution in [0.5, 0.6) is 17.2 Å². The van der Waals surface area contributed by atoms with E-state index in [9.17, 15) is 29.7 Å². The number of carbonyl (C=O) groups is 2. The number of likely N-dealkylation sites (N-methyl/N-ethyl adjacent to an activating group) is 1. The van der Waals surface area contributed by atoms with E-state index in [-0.39, 0.29) is 56.1 Å². The number of ether oxygens (including phenoxy) is 2. The summed E-state index contributed by atoms with van der Waals surface area (Å²) in [4.78, 5) is 46.3. The minimum atomic E-state index is -0.948. The minimum Gasteiger partial charge on any atom is -0.506 e. The topological polar surface area (TPSA) is 168 Å². The van der Waals surface area contributed by atoms with Crippen molar-refractivity contribution in [1.82, 2.24) is 20.1 Å². The molecular formula is C45H52ClF2N5O8. The Morgan fingerprint density at radius 1 is 0.967 bits per heavy atom. The fraction of sp³-hybridized carbons (Fsp3) is 0.356. The Morgan fingerprint density at radius 3 is 2.38 bits per heavy atom. The maximum atomic E-state index is 13.2. The molecule has 0 radical (unpaired) electrons. The van der Waals surface area contributed by atoms with E-state index in [1.54, 1.807) is 41.1 Å². The number of halogens is 3. The first-order chi connectivity index (χ1) is 28.5. The number of rotatable bonds is 16. The molecule has 2 amide bonds. The number of phenolic OH excluding ortho intramolecular Hbond substituents is 1. The molecule has 3 aliphatic rings. The van der Waals surface area contributed by atoms with Gasteiger partial charge in [-0.3, -0.25) is 23.9 Å². The van der Waals surface area contributed by atoms with Crippen LogP contribution in [-0.4, -0.2) is 101 Å². The highest BCUT2D eigenvalue weighted by Gasteiger charge is 2.47. The van der Waals surface area contributed by atoms with E-state index < -0.39 is 17.7 Å². The summed E-state index contributed by atoms with van der Waals surface area (Å²) >= 11 is 6.60. The lowest BCUT2D eigenvalue weighted by Gasteiger charge is -2.53. The van der Waals surface area contributed by atoms with Gasteiger partial charge in [-0.15, -0.1) is 0 Å². The fourth-order valence-electron chi connectivity index (χ4n) is 8.40. The zero-order chi connectivity index (χ0) is 41.7. The number of nitrogens with zero attached hydrogens (tertiary/aromatic N) is 3. The fourth-order valence-corrected chi connectivity index (χ4v) is 8.64. The lowest BCUT2D eigenvalue weighted by Crippen LogP contribution is -2.62. The predicted octanol–water partition coefficient (Wildman–Crippen LogP) is 6.88. The third-order valence-corrected chi connectivity index (χ3v) is 12.0. The average Bonchev–Trinajstić information content (AvgIpc) is 3.24. The number of aromatic amines is 1. The minimum absolute atomic E-state index is 0. The number of fused-ring (bicyclic) bond motifs is 4. The average molecular weight is 864 g/mol. The second-order valence-electron chi connectivity index (χ2n) is 15.4. The van der Waals surface area contributed by atoms with Crippen LogP contribution in [0, 0.1) is 0 Å². The van der Waals surface area contributed by atoms with Gasteiger partial charge in [-0.25, -0.2) is 4.79 Å². The molecule has 8 rings (SSSR count). The third kappa shape index (κ3) is 10.2. The van der Waals surface area contributed by atoms with Crippen molar-refractivity contribution in [2.24, 2.45) is 0 Å². The summed E-state index contributed by atoms with van der Waals surface area (Å²) in [5.74, 6) is 0.451. The number of aromatic nitrogens is 1. The van der Waals surface area contributed by atoms with Crippen molar-refractivity contribution in [3.8, 4) is 28.4 Å². The predicted molar refractivity (Wildman–Crippen MR) is 233 cm³/mol. The molecule has 61 heavy (non-hydrogen) atoms. The van der Waals surface area contributed by atoms with Crippen molar-refractivity contribution in [2.75, 3.05) is 58.4 Å². The van der Waals surface area contributed by atoms with Gasteiger partial charge >= 0.3 is 6.09 Å². The molecule has 0 unspecified atom stereocenters. The molecule has 5 aromatic rings. The standard InChI is InChI=1S/C45H50ClN5O8.2FH/c1-49(19-6-7-29-10-11-32(30-8-4-3-5-9-30)36(23-29)51(44(56)57)45-16-20-50(21-17-45)22-18-45)42(55)28-59-40-25-39(58-2)31(24-35(40)46)26-47-27-38(53)33-12-14-37(52)43-34(33)13-15-41(54)48-43;;/h3-5,8-15,23-25,38,47,52-53H,6-7,16-22,26-28H2,1-2H3,(H,48,54)(H,56,57);2*1H/t38-;;/m1../s1. The zero-order valence-corrected chi connectivity index (χ0v) is 34.8.